The van der Waals surface area contributed by atoms with Crippen molar-refractivity contribution in [3.8, 4) is 0 Å². The largest absolute Gasteiger partial charge is 0.546 e. The van der Waals surface area contributed by atoms with Gasteiger partial charge < -0.3 is 19.3 Å². The van der Waals surface area contributed by atoms with Gasteiger partial charge in [-0.25, -0.2) is 6.61 Å². The third-order valence-corrected chi connectivity index (χ3v) is 3.23. The zero-order valence-electron chi connectivity index (χ0n) is 8.00. The van der Waals surface area contributed by atoms with Gasteiger partial charge in [0.05, 0.1) is 18.8 Å². The molecule has 0 aromatic rings. The number of aliphatic hydroxyl groups excluding tert-OH is 1. The first-order valence-corrected chi connectivity index (χ1v) is 5.93. The van der Waals surface area contributed by atoms with Crippen LogP contribution in [0, 0.1) is 6.61 Å². The van der Waals surface area contributed by atoms with Gasteiger partial charge in [0, 0.05) is 38.9 Å². The molecule has 0 saturated carbocycles. The summed E-state index contributed by atoms with van der Waals surface area (Å²) in [6.07, 6.45) is -0.626. The van der Waals surface area contributed by atoms with E-state index in [0.29, 0.717) is 6.42 Å². The Bertz CT molecular complexity index is 214. The molecule has 7 heteroatoms. The van der Waals surface area contributed by atoms with Gasteiger partial charge in [-0.3, -0.25) is 4.57 Å². The maximum Gasteiger partial charge on any atom is 0.327 e. The van der Waals surface area contributed by atoms with Crippen molar-refractivity contribution >= 4 is 7.60 Å². The summed E-state index contributed by atoms with van der Waals surface area (Å²) in [6.45, 7) is 3.01. The summed E-state index contributed by atoms with van der Waals surface area (Å²) in [5.74, 6) is 0. The van der Waals surface area contributed by atoms with Crippen LogP contribution in [0.15, 0.2) is 0 Å². The Kier molecular flexibility index (Phi) is 14.2. The molecule has 0 amide bonds. The maximum absolute atomic E-state index is 11.0. The van der Waals surface area contributed by atoms with Crippen LogP contribution in [0.3, 0.4) is 0 Å². The van der Waals surface area contributed by atoms with Gasteiger partial charge in [0.25, 0.3) is 0 Å². The van der Waals surface area contributed by atoms with E-state index in [1.807, 2.05) is 0 Å². The van der Waals surface area contributed by atoms with E-state index in [2.05, 4.69) is 0 Å². The van der Waals surface area contributed by atoms with E-state index in [4.69, 9.17) is 14.2 Å². The summed E-state index contributed by atoms with van der Waals surface area (Å²) in [6, 6.07) is 0. The minimum atomic E-state index is -3.46. The fourth-order valence-corrected chi connectivity index (χ4v) is 1.51. The molecule has 1 rings (SSSR count). The SMILES string of the molecule is C.C.CCP(=O)(O)OCC1O[CH-]CC1O.[Y]. The molecule has 1 heterocycles. The van der Waals surface area contributed by atoms with Crippen molar-refractivity contribution in [2.45, 2.75) is 40.4 Å². The first kappa shape index (κ1) is 22.4. The van der Waals surface area contributed by atoms with Crippen LogP contribution in [0.4, 0.5) is 0 Å². The van der Waals surface area contributed by atoms with Crippen molar-refractivity contribution in [2.24, 2.45) is 0 Å². The van der Waals surface area contributed by atoms with Crippen molar-refractivity contribution in [3.63, 3.8) is 0 Å². The Hall–Kier alpha value is 1.17. The fourth-order valence-electron chi connectivity index (χ4n) is 0.952. The molecule has 1 aliphatic heterocycles. The standard InChI is InChI=1S/C7H14O5P.2CH4.Y/c1-2-13(9,10)12-5-7-6(8)3-4-11-7;;;/h4,6-8H,2-3,5H2,1H3,(H,9,10);2*1H4;/q-1;;;. The van der Waals surface area contributed by atoms with Crippen LogP contribution in [-0.2, 0) is 46.5 Å². The second-order valence-electron chi connectivity index (χ2n) is 2.89. The maximum atomic E-state index is 11.0. The zero-order valence-corrected chi connectivity index (χ0v) is 11.7. The molecule has 0 spiro atoms. The molecular formula is C9H22O5PY-. The molecule has 3 unspecified atom stereocenters. The third kappa shape index (κ3) is 7.49. The summed E-state index contributed by atoms with van der Waals surface area (Å²) < 4.78 is 20.7. The molecule has 1 saturated heterocycles. The van der Waals surface area contributed by atoms with E-state index in [9.17, 15) is 9.67 Å². The molecule has 0 aromatic carbocycles. The number of rotatable bonds is 4. The molecule has 5 nitrogen and oxygen atoms in total. The van der Waals surface area contributed by atoms with Gasteiger partial charge in [-0.05, 0) is 0 Å². The summed E-state index contributed by atoms with van der Waals surface area (Å²) in [7, 11) is -3.46. The normalized spacial score (nSPS) is 26.9. The Morgan fingerprint density at radius 2 is 2.12 bits per heavy atom. The van der Waals surface area contributed by atoms with Gasteiger partial charge in [-0.15, -0.1) is 6.42 Å². The number of ether oxygens (including phenoxy) is 1. The van der Waals surface area contributed by atoms with Crippen LogP contribution in [-0.4, -0.2) is 35.0 Å². The predicted molar refractivity (Wildman–Crippen MR) is 59.6 cm³/mol. The average molecular weight is 330 g/mol. The second-order valence-corrected chi connectivity index (χ2v) is 5.06. The van der Waals surface area contributed by atoms with Crippen molar-refractivity contribution in [1.82, 2.24) is 0 Å². The van der Waals surface area contributed by atoms with E-state index in [-0.39, 0.29) is 60.3 Å². The van der Waals surface area contributed by atoms with Crippen LogP contribution in [0.2, 0.25) is 0 Å². The molecule has 3 atom stereocenters. The smallest absolute Gasteiger partial charge is 0.327 e. The van der Waals surface area contributed by atoms with Crippen LogP contribution < -0.4 is 0 Å². The van der Waals surface area contributed by atoms with Gasteiger partial charge in [0.1, 0.15) is 0 Å². The summed E-state index contributed by atoms with van der Waals surface area (Å²) in [5, 5.41) is 9.25. The zero-order chi connectivity index (χ0) is 9.90. The molecule has 0 aromatic heterocycles. The summed E-state index contributed by atoms with van der Waals surface area (Å²) in [5.41, 5.74) is 0. The Morgan fingerprint density at radius 3 is 2.50 bits per heavy atom. The van der Waals surface area contributed by atoms with Gasteiger partial charge in [-0.1, -0.05) is 21.8 Å². The monoisotopic (exact) mass is 330 g/mol. The molecule has 1 radical (unpaired) electrons. The third-order valence-electron chi connectivity index (χ3n) is 1.88. The Labute approximate surface area is 123 Å². The molecule has 1 aliphatic rings. The van der Waals surface area contributed by atoms with Gasteiger partial charge in [0.2, 0.25) is 0 Å². The minimum Gasteiger partial charge on any atom is -0.546 e. The van der Waals surface area contributed by atoms with Crippen molar-refractivity contribution in [3.05, 3.63) is 6.61 Å². The van der Waals surface area contributed by atoms with E-state index in [0.717, 1.165) is 0 Å². The van der Waals surface area contributed by atoms with Crippen LogP contribution in [0.1, 0.15) is 28.2 Å². The van der Waals surface area contributed by atoms with E-state index >= 15 is 0 Å². The van der Waals surface area contributed by atoms with Crippen LogP contribution >= 0.6 is 7.60 Å². The van der Waals surface area contributed by atoms with E-state index in [1.54, 1.807) is 6.92 Å². The molecule has 16 heavy (non-hydrogen) atoms. The summed E-state index contributed by atoms with van der Waals surface area (Å²) >= 11 is 0. The van der Waals surface area contributed by atoms with Gasteiger partial charge >= 0.3 is 7.60 Å². The van der Waals surface area contributed by atoms with Crippen LogP contribution in [0.25, 0.3) is 0 Å². The average Bonchev–Trinajstić information content (AvgIpc) is 2.48. The Balaban J connectivity index is -0.000000563. The fraction of sp³-hybridized carbons (Fsp3) is 0.889. The molecule has 1 fully saturated rings. The molecular weight excluding hydrogens is 308 g/mol. The number of hydrogen-bond donors (Lipinski definition) is 2. The number of aliphatic hydroxyl groups is 1. The van der Waals surface area contributed by atoms with E-state index < -0.39 is 19.8 Å². The van der Waals surface area contributed by atoms with Gasteiger partial charge in [0.15, 0.2) is 0 Å². The number of hydrogen-bond acceptors (Lipinski definition) is 4. The molecule has 2 N–H and O–H groups in total. The van der Waals surface area contributed by atoms with Crippen molar-refractivity contribution in [1.29, 1.82) is 0 Å². The first-order valence-electron chi connectivity index (χ1n) is 4.16. The minimum absolute atomic E-state index is 0. The van der Waals surface area contributed by atoms with Crippen molar-refractivity contribution in [2.75, 3.05) is 12.8 Å². The van der Waals surface area contributed by atoms with Crippen LogP contribution in [0.5, 0.6) is 0 Å². The van der Waals surface area contributed by atoms with Gasteiger partial charge in [-0.2, -0.15) is 0 Å². The predicted octanol–water partition coefficient (Wildman–Crippen LogP) is 1.79. The Morgan fingerprint density at radius 1 is 1.56 bits per heavy atom. The van der Waals surface area contributed by atoms with Crippen molar-refractivity contribution < 1.29 is 56.5 Å². The first-order chi connectivity index (χ1) is 6.05. The molecule has 0 bridgehead atoms. The topological polar surface area (TPSA) is 76.0 Å². The summed E-state index contributed by atoms with van der Waals surface area (Å²) in [4.78, 5) is 9.06. The molecule has 97 valence electrons. The molecule has 0 aliphatic carbocycles. The second kappa shape index (κ2) is 10.1. The quantitative estimate of drug-likeness (QED) is 0.607. The van der Waals surface area contributed by atoms with E-state index in [1.165, 1.54) is 6.61 Å².